The number of nitrogens with two attached hydrogens (primary N) is 1. The average molecular weight is 265 g/mol. The lowest BCUT2D eigenvalue weighted by atomic mass is 10.3. The van der Waals surface area contributed by atoms with Crippen LogP contribution in [0.5, 0.6) is 11.6 Å². The van der Waals surface area contributed by atoms with Crippen LogP contribution in [0.4, 0.5) is 5.69 Å². The van der Waals surface area contributed by atoms with Gasteiger partial charge in [-0.2, -0.15) is 0 Å². The third-order valence-electron chi connectivity index (χ3n) is 1.80. The maximum absolute atomic E-state index is 5.57. The summed E-state index contributed by atoms with van der Waals surface area (Å²) in [6.45, 7) is 0. The molecule has 0 saturated carbocycles. The van der Waals surface area contributed by atoms with Gasteiger partial charge in [-0.3, -0.25) is 0 Å². The maximum atomic E-state index is 5.57. The molecule has 1 aromatic carbocycles. The molecule has 0 spiro atoms. The maximum Gasteiger partial charge on any atom is 0.220 e. The first kappa shape index (κ1) is 9.98. The summed E-state index contributed by atoms with van der Waals surface area (Å²) in [5.74, 6) is 1.27. The second kappa shape index (κ2) is 4.31. The molecule has 0 saturated heterocycles. The smallest absolute Gasteiger partial charge is 0.220 e. The van der Waals surface area contributed by atoms with Crippen molar-refractivity contribution in [3.8, 4) is 11.6 Å². The van der Waals surface area contributed by atoms with Crippen molar-refractivity contribution in [3.05, 3.63) is 47.1 Å². The number of benzene rings is 1. The zero-order valence-electron chi connectivity index (χ0n) is 7.85. The van der Waals surface area contributed by atoms with Gasteiger partial charge in [0.15, 0.2) is 0 Å². The van der Waals surface area contributed by atoms with Gasteiger partial charge in [0, 0.05) is 22.4 Å². The minimum atomic E-state index is 0.550. The highest BCUT2D eigenvalue weighted by Gasteiger charge is 1.98. The van der Waals surface area contributed by atoms with E-state index in [9.17, 15) is 0 Å². The fraction of sp³-hybridized carbons (Fsp3) is 0. The predicted octanol–water partition coefficient (Wildman–Crippen LogP) is 3.22. The van der Waals surface area contributed by atoms with Crippen molar-refractivity contribution in [1.29, 1.82) is 0 Å². The summed E-state index contributed by atoms with van der Waals surface area (Å²) in [5, 5.41) is 0. The van der Waals surface area contributed by atoms with Crippen LogP contribution in [0.3, 0.4) is 0 Å². The van der Waals surface area contributed by atoms with Crippen molar-refractivity contribution in [1.82, 2.24) is 4.98 Å². The molecule has 0 unspecified atom stereocenters. The Kier molecular flexibility index (Phi) is 2.87. The van der Waals surface area contributed by atoms with Crippen LogP contribution in [-0.2, 0) is 0 Å². The van der Waals surface area contributed by atoms with E-state index in [0.29, 0.717) is 11.6 Å². The first-order valence-corrected chi connectivity index (χ1v) is 5.18. The SMILES string of the molecule is Nc1ccc(Oc2cc(Br)ccn2)cc1. The monoisotopic (exact) mass is 264 g/mol. The number of hydrogen-bond donors (Lipinski definition) is 1. The highest BCUT2D eigenvalue weighted by Crippen LogP contribution is 2.22. The molecule has 1 heterocycles. The van der Waals surface area contributed by atoms with Gasteiger partial charge in [0.25, 0.3) is 0 Å². The molecule has 3 nitrogen and oxygen atoms in total. The van der Waals surface area contributed by atoms with Gasteiger partial charge in [-0.15, -0.1) is 0 Å². The molecule has 2 N–H and O–H groups in total. The summed E-state index contributed by atoms with van der Waals surface area (Å²) in [6.07, 6.45) is 1.68. The van der Waals surface area contributed by atoms with E-state index in [-0.39, 0.29) is 0 Å². The van der Waals surface area contributed by atoms with Gasteiger partial charge in [-0.25, -0.2) is 4.98 Å². The molecule has 0 atom stereocenters. The topological polar surface area (TPSA) is 48.1 Å². The van der Waals surface area contributed by atoms with Crippen molar-refractivity contribution in [2.24, 2.45) is 0 Å². The zero-order valence-corrected chi connectivity index (χ0v) is 9.44. The number of anilines is 1. The largest absolute Gasteiger partial charge is 0.439 e. The Labute approximate surface area is 96.0 Å². The van der Waals surface area contributed by atoms with Gasteiger partial charge in [0.05, 0.1) is 0 Å². The molecule has 0 fully saturated rings. The summed E-state index contributed by atoms with van der Waals surface area (Å²) in [7, 11) is 0. The van der Waals surface area contributed by atoms with Crippen LogP contribution in [0, 0.1) is 0 Å². The van der Waals surface area contributed by atoms with Crippen LogP contribution in [0.2, 0.25) is 0 Å². The standard InChI is InChI=1S/C11H9BrN2O/c12-8-5-6-14-11(7-8)15-10-3-1-9(13)2-4-10/h1-7H,13H2. The molecule has 0 aliphatic heterocycles. The minimum Gasteiger partial charge on any atom is -0.439 e. The molecule has 0 amide bonds. The summed E-state index contributed by atoms with van der Waals surface area (Å²) in [5.41, 5.74) is 6.28. The van der Waals surface area contributed by atoms with Gasteiger partial charge >= 0.3 is 0 Å². The van der Waals surface area contributed by atoms with E-state index in [1.165, 1.54) is 0 Å². The molecule has 15 heavy (non-hydrogen) atoms. The molecule has 2 rings (SSSR count). The normalized spacial score (nSPS) is 9.93. The highest BCUT2D eigenvalue weighted by atomic mass is 79.9. The Morgan fingerprint density at radius 2 is 1.87 bits per heavy atom. The third-order valence-corrected chi connectivity index (χ3v) is 2.29. The Morgan fingerprint density at radius 3 is 2.53 bits per heavy atom. The molecular formula is C11H9BrN2O. The Hall–Kier alpha value is -1.55. The number of rotatable bonds is 2. The van der Waals surface area contributed by atoms with Gasteiger partial charge in [0.2, 0.25) is 5.88 Å². The first-order chi connectivity index (χ1) is 7.24. The Morgan fingerprint density at radius 1 is 1.13 bits per heavy atom. The van der Waals surface area contributed by atoms with Crippen molar-refractivity contribution in [3.63, 3.8) is 0 Å². The fourth-order valence-corrected chi connectivity index (χ4v) is 1.41. The van der Waals surface area contributed by atoms with E-state index < -0.39 is 0 Å². The van der Waals surface area contributed by atoms with Crippen LogP contribution in [0.1, 0.15) is 0 Å². The van der Waals surface area contributed by atoms with E-state index in [1.54, 1.807) is 36.5 Å². The predicted molar refractivity (Wildman–Crippen MR) is 62.9 cm³/mol. The lowest BCUT2D eigenvalue weighted by Crippen LogP contribution is -1.88. The first-order valence-electron chi connectivity index (χ1n) is 4.39. The van der Waals surface area contributed by atoms with E-state index in [0.717, 1.165) is 10.2 Å². The molecular weight excluding hydrogens is 256 g/mol. The number of pyridine rings is 1. The van der Waals surface area contributed by atoms with E-state index in [2.05, 4.69) is 20.9 Å². The molecule has 4 heteroatoms. The number of halogens is 1. The molecule has 0 bridgehead atoms. The van der Waals surface area contributed by atoms with E-state index in [1.807, 2.05) is 6.07 Å². The van der Waals surface area contributed by atoms with Gasteiger partial charge < -0.3 is 10.5 Å². The molecule has 76 valence electrons. The molecule has 0 radical (unpaired) electrons. The zero-order chi connectivity index (χ0) is 10.7. The molecule has 1 aromatic heterocycles. The van der Waals surface area contributed by atoms with E-state index in [4.69, 9.17) is 10.5 Å². The highest BCUT2D eigenvalue weighted by molar-refractivity contribution is 9.10. The quantitative estimate of drug-likeness (QED) is 0.848. The lowest BCUT2D eigenvalue weighted by Gasteiger charge is -2.04. The Balaban J connectivity index is 2.18. The second-order valence-electron chi connectivity index (χ2n) is 2.98. The summed E-state index contributed by atoms with van der Waals surface area (Å²) >= 11 is 3.35. The molecule has 0 aliphatic carbocycles. The van der Waals surface area contributed by atoms with Crippen molar-refractivity contribution in [2.75, 3.05) is 5.73 Å². The van der Waals surface area contributed by atoms with Crippen LogP contribution >= 0.6 is 15.9 Å². The van der Waals surface area contributed by atoms with Crippen molar-refractivity contribution < 1.29 is 4.74 Å². The summed E-state index contributed by atoms with van der Waals surface area (Å²) < 4.78 is 6.45. The Bertz CT molecular complexity index is 456. The van der Waals surface area contributed by atoms with Gasteiger partial charge in [-0.1, -0.05) is 15.9 Å². The summed E-state index contributed by atoms with van der Waals surface area (Å²) in [4.78, 5) is 4.07. The van der Waals surface area contributed by atoms with Crippen LogP contribution in [0.25, 0.3) is 0 Å². The lowest BCUT2D eigenvalue weighted by molar-refractivity contribution is 0.462. The van der Waals surface area contributed by atoms with Gasteiger partial charge in [-0.05, 0) is 30.3 Å². The molecule has 0 aliphatic rings. The van der Waals surface area contributed by atoms with Gasteiger partial charge in [0.1, 0.15) is 5.75 Å². The van der Waals surface area contributed by atoms with Crippen LogP contribution < -0.4 is 10.5 Å². The number of aromatic nitrogens is 1. The minimum absolute atomic E-state index is 0.550. The summed E-state index contributed by atoms with van der Waals surface area (Å²) in [6, 6.07) is 10.8. The number of nitrogens with zero attached hydrogens (tertiary/aromatic N) is 1. The molecule has 2 aromatic rings. The van der Waals surface area contributed by atoms with Crippen LogP contribution in [-0.4, -0.2) is 4.98 Å². The average Bonchev–Trinajstić information content (AvgIpc) is 2.22. The fourth-order valence-electron chi connectivity index (χ4n) is 1.10. The van der Waals surface area contributed by atoms with Crippen molar-refractivity contribution in [2.45, 2.75) is 0 Å². The number of ether oxygens (including phenoxy) is 1. The number of nitrogen functional groups attached to an aromatic ring is 1. The van der Waals surface area contributed by atoms with E-state index >= 15 is 0 Å². The van der Waals surface area contributed by atoms with Crippen LogP contribution in [0.15, 0.2) is 47.1 Å². The second-order valence-corrected chi connectivity index (χ2v) is 3.90. The number of hydrogen-bond acceptors (Lipinski definition) is 3. The van der Waals surface area contributed by atoms with Crippen molar-refractivity contribution >= 4 is 21.6 Å². The third kappa shape index (κ3) is 2.70.